The standard InChI is InChI=1S/C19H21N5O4/c1-12-16(18(27)21-19(2,11-28-3)10-15(25)26)22-23-24(12)14-8-4-6-13-7-5-9-20-17(13)14/h4-9H,10-11H2,1-3H3,(H,21,27)(H,25,26). The third-order valence-corrected chi connectivity index (χ3v) is 4.37. The van der Waals surface area contributed by atoms with Crippen LogP contribution in [0, 0.1) is 6.92 Å². The fraction of sp³-hybridized carbons (Fsp3) is 0.316. The maximum Gasteiger partial charge on any atom is 0.305 e. The van der Waals surface area contributed by atoms with Crippen LogP contribution in [0.5, 0.6) is 0 Å². The fourth-order valence-corrected chi connectivity index (χ4v) is 3.14. The first-order valence-corrected chi connectivity index (χ1v) is 8.64. The van der Waals surface area contributed by atoms with Gasteiger partial charge in [0.25, 0.3) is 5.91 Å². The Labute approximate surface area is 161 Å². The van der Waals surface area contributed by atoms with Crippen molar-refractivity contribution in [3.8, 4) is 5.69 Å². The lowest BCUT2D eigenvalue weighted by Crippen LogP contribution is -2.51. The number of amides is 1. The molecule has 0 saturated heterocycles. The van der Waals surface area contributed by atoms with Crippen molar-refractivity contribution in [3.63, 3.8) is 0 Å². The number of carboxylic acids is 1. The number of aromatic nitrogens is 4. The highest BCUT2D eigenvalue weighted by molar-refractivity contribution is 5.94. The Balaban J connectivity index is 1.94. The highest BCUT2D eigenvalue weighted by Gasteiger charge is 2.31. The van der Waals surface area contributed by atoms with E-state index in [-0.39, 0.29) is 18.7 Å². The largest absolute Gasteiger partial charge is 0.481 e. The molecule has 1 unspecified atom stereocenters. The second kappa shape index (κ2) is 7.73. The van der Waals surface area contributed by atoms with E-state index in [1.54, 1.807) is 24.7 Å². The van der Waals surface area contributed by atoms with Crippen LogP contribution in [-0.4, -0.2) is 56.2 Å². The van der Waals surface area contributed by atoms with Gasteiger partial charge in [-0.05, 0) is 26.0 Å². The van der Waals surface area contributed by atoms with Crippen LogP contribution in [0.25, 0.3) is 16.6 Å². The highest BCUT2D eigenvalue weighted by Crippen LogP contribution is 2.21. The molecular formula is C19H21N5O4. The summed E-state index contributed by atoms with van der Waals surface area (Å²) in [6, 6.07) is 9.45. The lowest BCUT2D eigenvalue weighted by atomic mass is 9.98. The monoisotopic (exact) mass is 383 g/mol. The van der Waals surface area contributed by atoms with Crippen molar-refractivity contribution in [3.05, 3.63) is 47.9 Å². The summed E-state index contributed by atoms with van der Waals surface area (Å²) >= 11 is 0. The molecule has 0 spiro atoms. The van der Waals surface area contributed by atoms with E-state index >= 15 is 0 Å². The van der Waals surface area contributed by atoms with Crippen molar-refractivity contribution < 1.29 is 19.4 Å². The number of para-hydroxylation sites is 1. The molecule has 0 radical (unpaired) electrons. The maximum atomic E-state index is 12.8. The Bertz CT molecular complexity index is 1030. The number of carboxylic acid groups (broad SMARTS) is 1. The number of hydrogen-bond donors (Lipinski definition) is 2. The van der Waals surface area contributed by atoms with Crippen LogP contribution in [-0.2, 0) is 9.53 Å². The Hall–Kier alpha value is -3.33. The van der Waals surface area contributed by atoms with E-state index in [2.05, 4.69) is 20.6 Å². The number of hydrogen-bond acceptors (Lipinski definition) is 6. The summed E-state index contributed by atoms with van der Waals surface area (Å²) < 4.78 is 6.62. The number of nitrogens with zero attached hydrogens (tertiary/aromatic N) is 4. The second-order valence-electron chi connectivity index (χ2n) is 6.81. The predicted octanol–water partition coefficient (Wildman–Crippen LogP) is 1.73. The molecule has 3 aromatic rings. The van der Waals surface area contributed by atoms with Crippen LogP contribution < -0.4 is 5.32 Å². The van der Waals surface area contributed by atoms with E-state index in [9.17, 15) is 9.59 Å². The quantitative estimate of drug-likeness (QED) is 0.638. The summed E-state index contributed by atoms with van der Waals surface area (Å²) in [6.07, 6.45) is 1.40. The predicted molar refractivity (Wildman–Crippen MR) is 101 cm³/mol. The average molecular weight is 383 g/mol. The number of benzene rings is 1. The van der Waals surface area contributed by atoms with Gasteiger partial charge in [-0.25, -0.2) is 4.68 Å². The van der Waals surface area contributed by atoms with E-state index in [1.807, 2.05) is 30.3 Å². The van der Waals surface area contributed by atoms with Crippen molar-refractivity contribution in [2.45, 2.75) is 25.8 Å². The number of fused-ring (bicyclic) bond motifs is 1. The number of carbonyl (C=O) groups is 2. The lowest BCUT2D eigenvalue weighted by molar-refractivity contribution is -0.139. The van der Waals surface area contributed by atoms with Gasteiger partial charge in [0.1, 0.15) is 0 Å². The number of methoxy groups -OCH3 is 1. The lowest BCUT2D eigenvalue weighted by Gasteiger charge is -2.28. The first-order valence-electron chi connectivity index (χ1n) is 8.64. The SMILES string of the molecule is COCC(C)(CC(=O)O)NC(=O)c1nnn(-c2cccc3cccnc23)c1C. The van der Waals surface area contributed by atoms with Gasteiger partial charge in [-0.3, -0.25) is 14.6 Å². The van der Waals surface area contributed by atoms with Crippen LogP contribution in [0.1, 0.15) is 29.5 Å². The zero-order valence-electron chi connectivity index (χ0n) is 15.8. The van der Waals surface area contributed by atoms with Gasteiger partial charge in [0.15, 0.2) is 5.69 Å². The molecule has 3 rings (SSSR count). The summed E-state index contributed by atoms with van der Waals surface area (Å²) in [5, 5.41) is 20.9. The minimum Gasteiger partial charge on any atom is -0.481 e. The molecule has 28 heavy (non-hydrogen) atoms. The molecule has 0 aliphatic carbocycles. The minimum atomic E-state index is -1.07. The van der Waals surface area contributed by atoms with Gasteiger partial charge in [0.2, 0.25) is 0 Å². The Kier molecular flexibility index (Phi) is 5.36. The molecule has 2 aromatic heterocycles. The number of ether oxygens (including phenoxy) is 1. The molecular weight excluding hydrogens is 362 g/mol. The first-order chi connectivity index (χ1) is 13.3. The number of carbonyl (C=O) groups excluding carboxylic acids is 1. The smallest absolute Gasteiger partial charge is 0.305 e. The number of nitrogens with one attached hydrogen (secondary N) is 1. The highest BCUT2D eigenvalue weighted by atomic mass is 16.5. The Morgan fingerprint density at radius 2 is 2.04 bits per heavy atom. The van der Waals surface area contributed by atoms with Crippen LogP contribution in [0.3, 0.4) is 0 Å². The van der Waals surface area contributed by atoms with E-state index < -0.39 is 17.4 Å². The molecule has 1 aromatic carbocycles. The Morgan fingerprint density at radius 1 is 1.29 bits per heavy atom. The maximum absolute atomic E-state index is 12.8. The summed E-state index contributed by atoms with van der Waals surface area (Å²) in [5.41, 5.74) is 0.994. The number of rotatable bonds is 7. The van der Waals surface area contributed by atoms with Gasteiger partial charge >= 0.3 is 5.97 Å². The molecule has 146 valence electrons. The molecule has 2 heterocycles. The number of pyridine rings is 1. The van der Waals surface area contributed by atoms with Gasteiger partial charge < -0.3 is 15.2 Å². The average Bonchev–Trinajstić information content (AvgIpc) is 3.02. The Morgan fingerprint density at radius 3 is 2.75 bits per heavy atom. The zero-order valence-corrected chi connectivity index (χ0v) is 15.8. The summed E-state index contributed by atoms with van der Waals surface area (Å²) in [4.78, 5) is 28.3. The van der Waals surface area contributed by atoms with E-state index in [0.717, 1.165) is 10.9 Å². The van der Waals surface area contributed by atoms with Gasteiger partial charge in [0, 0.05) is 18.7 Å². The molecule has 0 saturated carbocycles. The first kappa shape index (κ1) is 19.4. The topological polar surface area (TPSA) is 119 Å². The van der Waals surface area contributed by atoms with Crippen LogP contribution in [0.2, 0.25) is 0 Å². The third kappa shape index (κ3) is 3.84. The third-order valence-electron chi connectivity index (χ3n) is 4.37. The van der Waals surface area contributed by atoms with E-state index in [4.69, 9.17) is 9.84 Å². The summed E-state index contributed by atoms with van der Waals surface area (Å²) in [5.74, 6) is -1.56. The van der Waals surface area contributed by atoms with Crippen molar-refractivity contribution >= 4 is 22.8 Å². The van der Waals surface area contributed by atoms with Gasteiger partial charge in [-0.1, -0.05) is 23.4 Å². The molecule has 9 heteroatoms. The van der Waals surface area contributed by atoms with Crippen molar-refractivity contribution in [2.24, 2.45) is 0 Å². The van der Waals surface area contributed by atoms with Crippen LogP contribution >= 0.6 is 0 Å². The van der Waals surface area contributed by atoms with Gasteiger partial charge in [-0.15, -0.1) is 5.10 Å². The summed E-state index contributed by atoms with van der Waals surface area (Å²) in [7, 11) is 1.45. The molecule has 9 nitrogen and oxygen atoms in total. The van der Waals surface area contributed by atoms with Gasteiger partial charge in [-0.2, -0.15) is 0 Å². The van der Waals surface area contributed by atoms with Crippen molar-refractivity contribution in [1.82, 2.24) is 25.3 Å². The van der Waals surface area contributed by atoms with Crippen LogP contribution in [0.4, 0.5) is 0 Å². The van der Waals surface area contributed by atoms with Crippen LogP contribution in [0.15, 0.2) is 36.5 Å². The summed E-state index contributed by atoms with van der Waals surface area (Å²) in [6.45, 7) is 3.38. The second-order valence-corrected chi connectivity index (χ2v) is 6.81. The van der Waals surface area contributed by atoms with Gasteiger partial charge in [0.05, 0.1) is 35.5 Å². The molecule has 1 amide bonds. The van der Waals surface area contributed by atoms with E-state index in [1.165, 1.54) is 7.11 Å². The zero-order chi connectivity index (χ0) is 20.3. The molecule has 0 aliphatic heterocycles. The van der Waals surface area contributed by atoms with Crippen molar-refractivity contribution in [1.29, 1.82) is 0 Å². The molecule has 0 fully saturated rings. The molecule has 0 bridgehead atoms. The van der Waals surface area contributed by atoms with E-state index in [0.29, 0.717) is 11.4 Å². The fourth-order valence-electron chi connectivity index (χ4n) is 3.14. The normalized spacial score (nSPS) is 13.2. The van der Waals surface area contributed by atoms with Crippen molar-refractivity contribution in [2.75, 3.05) is 13.7 Å². The molecule has 2 N–H and O–H groups in total. The number of aliphatic carboxylic acids is 1. The minimum absolute atomic E-state index is 0.0471. The molecule has 0 aliphatic rings. The molecule has 1 atom stereocenters.